The summed E-state index contributed by atoms with van der Waals surface area (Å²) in [6, 6.07) is -0.134. The lowest BCUT2D eigenvalue weighted by atomic mass is 10.2. The number of nitrogens with zero attached hydrogens (tertiary/aromatic N) is 1. The lowest BCUT2D eigenvalue weighted by molar-refractivity contribution is -0.132. The van der Waals surface area contributed by atoms with E-state index in [0.29, 0.717) is 12.4 Å². The van der Waals surface area contributed by atoms with E-state index in [-0.39, 0.29) is 11.9 Å². The van der Waals surface area contributed by atoms with Crippen LogP contribution in [-0.4, -0.2) is 42.4 Å². The zero-order chi connectivity index (χ0) is 11.7. The molecule has 0 aromatic heterocycles. The Morgan fingerprint density at radius 1 is 1.40 bits per heavy atom. The standard InChI is InChI=1S/C11H21ClN2O/c1-4-14(5-2)11(15)10(3)13-9-7-6-8-12/h6-7,10,13H,4-5,8-9H2,1-3H3/b7-6+. The van der Waals surface area contributed by atoms with Crippen LogP contribution in [0.3, 0.4) is 0 Å². The zero-order valence-electron chi connectivity index (χ0n) is 9.79. The average molecular weight is 233 g/mol. The lowest BCUT2D eigenvalue weighted by Gasteiger charge is -2.23. The number of rotatable bonds is 7. The maximum absolute atomic E-state index is 11.8. The Morgan fingerprint density at radius 3 is 2.47 bits per heavy atom. The molecule has 0 aromatic carbocycles. The van der Waals surface area contributed by atoms with Crippen molar-refractivity contribution in [2.75, 3.05) is 25.5 Å². The predicted molar refractivity (Wildman–Crippen MR) is 65.3 cm³/mol. The van der Waals surface area contributed by atoms with Gasteiger partial charge < -0.3 is 10.2 Å². The Kier molecular flexibility index (Phi) is 8.43. The van der Waals surface area contributed by atoms with Crippen LogP contribution >= 0.6 is 11.6 Å². The molecule has 0 aliphatic rings. The highest BCUT2D eigenvalue weighted by Crippen LogP contribution is 1.94. The average Bonchev–Trinajstić information content (AvgIpc) is 2.25. The van der Waals surface area contributed by atoms with Gasteiger partial charge in [-0.15, -0.1) is 11.6 Å². The van der Waals surface area contributed by atoms with Gasteiger partial charge >= 0.3 is 0 Å². The molecule has 0 aliphatic carbocycles. The van der Waals surface area contributed by atoms with E-state index in [0.717, 1.165) is 13.1 Å². The van der Waals surface area contributed by atoms with Crippen LogP contribution in [0.15, 0.2) is 12.2 Å². The molecular formula is C11H21ClN2O. The Hall–Kier alpha value is -0.540. The molecule has 0 saturated carbocycles. The van der Waals surface area contributed by atoms with Gasteiger partial charge in [0.15, 0.2) is 0 Å². The number of carbonyl (C=O) groups is 1. The van der Waals surface area contributed by atoms with Crippen LogP contribution < -0.4 is 5.32 Å². The van der Waals surface area contributed by atoms with Crippen LogP contribution in [0.2, 0.25) is 0 Å². The number of hydrogen-bond donors (Lipinski definition) is 1. The summed E-state index contributed by atoms with van der Waals surface area (Å²) in [7, 11) is 0. The molecule has 0 rings (SSSR count). The topological polar surface area (TPSA) is 32.3 Å². The minimum absolute atomic E-state index is 0.134. The fourth-order valence-electron chi connectivity index (χ4n) is 1.29. The molecule has 0 heterocycles. The van der Waals surface area contributed by atoms with Gasteiger partial charge in [-0.3, -0.25) is 4.79 Å². The molecule has 0 spiro atoms. The summed E-state index contributed by atoms with van der Waals surface area (Å²) in [4.78, 5) is 13.6. The fourth-order valence-corrected chi connectivity index (χ4v) is 1.41. The third kappa shape index (κ3) is 5.80. The van der Waals surface area contributed by atoms with E-state index in [1.807, 2.05) is 37.8 Å². The minimum atomic E-state index is -0.134. The Morgan fingerprint density at radius 2 is 2.00 bits per heavy atom. The largest absolute Gasteiger partial charge is 0.342 e. The quantitative estimate of drug-likeness (QED) is 0.535. The van der Waals surface area contributed by atoms with Crippen molar-refractivity contribution in [3.05, 3.63) is 12.2 Å². The first-order valence-corrected chi connectivity index (χ1v) is 5.93. The number of likely N-dealkylation sites (N-methyl/N-ethyl adjacent to an activating group) is 1. The molecule has 0 fully saturated rings. The van der Waals surface area contributed by atoms with Crippen molar-refractivity contribution in [1.29, 1.82) is 0 Å². The van der Waals surface area contributed by atoms with Gasteiger partial charge in [-0.1, -0.05) is 12.2 Å². The molecule has 1 N–H and O–H groups in total. The van der Waals surface area contributed by atoms with Gasteiger partial charge in [-0.2, -0.15) is 0 Å². The maximum atomic E-state index is 11.8. The van der Waals surface area contributed by atoms with Crippen LogP contribution in [0, 0.1) is 0 Å². The summed E-state index contributed by atoms with van der Waals surface area (Å²) in [5.74, 6) is 0.666. The Bertz CT molecular complexity index is 203. The van der Waals surface area contributed by atoms with Gasteiger partial charge in [0, 0.05) is 25.5 Å². The number of alkyl halides is 1. The summed E-state index contributed by atoms with van der Waals surface area (Å²) >= 11 is 5.48. The van der Waals surface area contributed by atoms with Gasteiger partial charge in [0.25, 0.3) is 0 Å². The van der Waals surface area contributed by atoms with Crippen molar-refractivity contribution in [2.24, 2.45) is 0 Å². The summed E-state index contributed by atoms with van der Waals surface area (Å²) < 4.78 is 0. The van der Waals surface area contributed by atoms with E-state index < -0.39 is 0 Å². The lowest BCUT2D eigenvalue weighted by Crippen LogP contribution is -2.44. The van der Waals surface area contributed by atoms with Crippen LogP contribution in [0.5, 0.6) is 0 Å². The van der Waals surface area contributed by atoms with Crippen molar-refractivity contribution in [3.8, 4) is 0 Å². The molecule has 1 atom stereocenters. The molecule has 0 bridgehead atoms. The SMILES string of the molecule is CCN(CC)C(=O)C(C)NC/C=C/CCl. The van der Waals surface area contributed by atoms with E-state index >= 15 is 0 Å². The molecule has 15 heavy (non-hydrogen) atoms. The molecule has 3 nitrogen and oxygen atoms in total. The summed E-state index contributed by atoms with van der Waals surface area (Å²) in [5.41, 5.74) is 0. The molecule has 0 radical (unpaired) electrons. The third-order valence-corrected chi connectivity index (χ3v) is 2.42. The molecular weight excluding hydrogens is 212 g/mol. The number of halogens is 1. The van der Waals surface area contributed by atoms with E-state index in [2.05, 4.69) is 5.32 Å². The molecule has 4 heteroatoms. The highest BCUT2D eigenvalue weighted by atomic mass is 35.5. The van der Waals surface area contributed by atoms with Gasteiger partial charge in [0.1, 0.15) is 0 Å². The smallest absolute Gasteiger partial charge is 0.239 e. The van der Waals surface area contributed by atoms with E-state index in [1.54, 1.807) is 0 Å². The van der Waals surface area contributed by atoms with Crippen molar-refractivity contribution in [3.63, 3.8) is 0 Å². The van der Waals surface area contributed by atoms with Crippen LogP contribution in [0.1, 0.15) is 20.8 Å². The number of amides is 1. The zero-order valence-corrected chi connectivity index (χ0v) is 10.5. The maximum Gasteiger partial charge on any atom is 0.239 e. The molecule has 0 aliphatic heterocycles. The second-order valence-electron chi connectivity index (χ2n) is 3.27. The highest BCUT2D eigenvalue weighted by Gasteiger charge is 2.16. The van der Waals surface area contributed by atoms with Crippen molar-refractivity contribution in [2.45, 2.75) is 26.8 Å². The first-order chi connectivity index (χ1) is 7.17. The molecule has 0 saturated heterocycles. The van der Waals surface area contributed by atoms with Gasteiger partial charge in [-0.05, 0) is 20.8 Å². The van der Waals surface area contributed by atoms with Gasteiger partial charge in [0.05, 0.1) is 6.04 Å². The van der Waals surface area contributed by atoms with Crippen molar-refractivity contribution < 1.29 is 4.79 Å². The first kappa shape index (κ1) is 14.5. The third-order valence-electron chi connectivity index (χ3n) is 2.24. The normalized spacial score (nSPS) is 13.1. The summed E-state index contributed by atoms with van der Waals surface area (Å²) in [6.07, 6.45) is 3.79. The van der Waals surface area contributed by atoms with Crippen LogP contribution in [0.25, 0.3) is 0 Å². The summed E-state index contributed by atoms with van der Waals surface area (Å²) in [5, 5.41) is 3.13. The Balaban J connectivity index is 3.92. The second kappa shape index (κ2) is 8.74. The summed E-state index contributed by atoms with van der Waals surface area (Å²) in [6.45, 7) is 8.07. The van der Waals surface area contributed by atoms with Crippen LogP contribution in [-0.2, 0) is 4.79 Å². The molecule has 1 unspecified atom stereocenters. The fraction of sp³-hybridized carbons (Fsp3) is 0.727. The van der Waals surface area contributed by atoms with Gasteiger partial charge in [-0.25, -0.2) is 0 Å². The first-order valence-electron chi connectivity index (χ1n) is 5.40. The molecule has 0 aromatic rings. The monoisotopic (exact) mass is 232 g/mol. The minimum Gasteiger partial charge on any atom is -0.342 e. The number of allylic oxidation sites excluding steroid dienone is 1. The molecule has 88 valence electrons. The van der Waals surface area contributed by atoms with Gasteiger partial charge in [0.2, 0.25) is 5.91 Å². The van der Waals surface area contributed by atoms with Crippen LogP contribution in [0.4, 0.5) is 0 Å². The van der Waals surface area contributed by atoms with Crippen molar-refractivity contribution in [1.82, 2.24) is 10.2 Å². The number of carbonyl (C=O) groups excluding carboxylic acids is 1. The second-order valence-corrected chi connectivity index (χ2v) is 3.57. The van der Waals surface area contributed by atoms with Crippen molar-refractivity contribution >= 4 is 17.5 Å². The number of nitrogens with one attached hydrogen (secondary N) is 1. The number of hydrogen-bond acceptors (Lipinski definition) is 2. The van der Waals surface area contributed by atoms with E-state index in [1.165, 1.54) is 0 Å². The highest BCUT2D eigenvalue weighted by molar-refractivity contribution is 6.18. The molecule has 1 amide bonds. The van der Waals surface area contributed by atoms with E-state index in [4.69, 9.17) is 11.6 Å². The van der Waals surface area contributed by atoms with E-state index in [9.17, 15) is 4.79 Å². The predicted octanol–water partition coefficient (Wildman–Crippen LogP) is 1.63. The Labute approximate surface area is 97.5 Å².